The molecule has 0 unspecified atom stereocenters. The zero-order valence-corrected chi connectivity index (χ0v) is 17.0. The van der Waals surface area contributed by atoms with Crippen molar-refractivity contribution in [2.45, 2.75) is 26.1 Å². The van der Waals surface area contributed by atoms with E-state index >= 15 is 0 Å². The van der Waals surface area contributed by atoms with E-state index in [1.165, 1.54) is 36.4 Å². The van der Waals surface area contributed by atoms with Gasteiger partial charge in [0.05, 0.1) is 21.0 Å². The molecule has 170 valence electrons. The third-order valence-corrected chi connectivity index (χ3v) is 4.24. The van der Waals surface area contributed by atoms with Gasteiger partial charge in [0.2, 0.25) is 0 Å². The van der Waals surface area contributed by atoms with Gasteiger partial charge in [-0.25, -0.2) is 9.59 Å². The highest BCUT2D eigenvalue weighted by molar-refractivity contribution is 5.67. The molecule has 32 heavy (non-hydrogen) atoms. The van der Waals surface area contributed by atoms with Crippen LogP contribution < -0.4 is 10.6 Å². The molecule has 0 radical (unpaired) electrons. The molecule has 0 saturated heterocycles. The zero-order valence-electron chi connectivity index (χ0n) is 17.0. The molecule has 2 aromatic rings. The van der Waals surface area contributed by atoms with E-state index in [9.17, 15) is 29.8 Å². The molecule has 0 aliphatic carbocycles. The highest BCUT2D eigenvalue weighted by Gasteiger charge is 2.15. The number of nitro groups is 2. The summed E-state index contributed by atoms with van der Waals surface area (Å²) in [4.78, 5) is 44.1. The topological polar surface area (TPSA) is 163 Å². The van der Waals surface area contributed by atoms with Crippen molar-refractivity contribution in [3.05, 3.63) is 79.9 Å². The van der Waals surface area contributed by atoms with Crippen LogP contribution in [0.4, 0.5) is 21.0 Å². The molecule has 0 saturated carbocycles. The summed E-state index contributed by atoms with van der Waals surface area (Å²) in [5.41, 5.74) is 0.327. The average Bonchev–Trinajstić information content (AvgIpc) is 2.78. The van der Waals surface area contributed by atoms with Gasteiger partial charge in [-0.15, -0.1) is 0 Å². The third-order valence-electron chi connectivity index (χ3n) is 4.24. The second-order valence-corrected chi connectivity index (χ2v) is 6.48. The van der Waals surface area contributed by atoms with Crippen LogP contribution in [-0.2, 0) is 22.7 Å². The molecular formula is C20H22N4O8. The summed E-state index contributed by atoms with van der Waals surface area (Å²) in [5, 5.41) is 26.9. The Bertz CT molecular complexity index is 889. The zero-order chi connectivity index (χ0) is 23.3. The number of hydrogen-bond acceptors (Lipinski definition) is 8. The highest BCUT2D eigenvalue weighted by atomic mass is 16.6. The van der Waals surface area contributed by atoms with Gasteiger partial charge in [0.1, 0.15) is 13.2 Å². The van der Waals surface area contributed by atoms with Gasteiger partial charge in [-0.05, 0) is 25.0 Å². The van der Waals surface area contributed by atoms with Gasteiger partial charge >= 0.3 is 12.2 Å². The average molecular weight is 446 g/mol. The van der Waals surface area contributed by atoms with E-state index in [2.05, 4.69) is 10.6 Å². The van der Waals surface area contributed by atoms with E-state index in [4.69, 9.17) is 9.47 Å². The molecule has 0 atom stereocenters. The summed E-state index contributed by atoms with van der Waals surface area (Å²) in [6.45, 7) is 0.108. The number of carbonyl (C=O) groups is 2. The molecule has 2 rings (SSSR count). The second-order valence-electron chi connectivity index (χ2n) is 6.48. The van der Waals surface area contributed by atoms with Crippen LogP contribution in [0.2, 0.25) is 0 Å². The summed E-state index contributed by atoms with van der Waals surface area (Å²) in [6.07, 6.45) is -0.351. The number of amides is 2. The maximum absolute atomic E-state index is 11.7. The standard InChI is InChI=1S/C20H22N4O8/c25-19(31-13-15-7-1-3-9-17(15)23(27)28)21-11-5-6-12-22-20(26)32-14-16-8-2-4-10-18(16)24(29)30/h1-4,7-10H,5-6,11-14H2,(H,21,25)(H,22,26). The van der Waals surface area contributed by atoms with Gasteiger partial charge < -0.3 is 20.1 Å². The van der Waals surface area contributed by atoms with Gasteiger partial charge in [0.25, 0.3) is 11.4 Å². The van der Waals surface area contributed by atoms with Crippen molar-refractivity contribution in [3.63, 3.8) is 0 Å². The molecule has 0 aromatic heterocycles. The number of nitrogens with one attached hydrogen (secondary N) is 2. The first-order valence-corrected chi connectivity index (χ1v) is 9.64. The van der Waals surface area contributed by atoms with Gasteiger partial charge in [0.15, 0.2) is 0 Å². The summed E-state index contributed by atoms with van der Waals surface area (Å²) < 4.78 is 9.94. The minimum absolute atomic E-state index is 0.125. The van der Waals surface area contributed by atoms with Crippen LogP contribution in [-0.4, -0.2) is 35.1 Å². The Morgan fingerprint density at radius 1 is 0.719 bits per heavy atom. The molecule has 0 spiro atoms. The fourth-order valence-electron chi connectivity index (χ4n) is 2.64. The van der Waals surface area contributed by atoms with E-state index in [-0.39, 0.29) is 48.8 Å². The number of ether oxygens (including phenoxy) is 2. The molecule has 12 heteroatoms. The van der Waals surface area contributed by atoms with E-state index in [0.717, 1.165) is 0 Å². The van der Waals surface area contributed by atoms with Crippen molar-refractivity contribution in [2.75, 3.05) is 13.1 Å². The normalized spacial score (nSPS) is 10.1. The second kappa shape index (κ2) is 12.5. The van der Waals surface area contributed by atoms with E-state index < -0.39 is 22.0 Å². The number of carbonyl (C=O) groups excluding carboxylic acids is 2. The smallest absolute Gasteiger partial charge is 0.407 e. The summed E-state index contributed by atoms with van der Waals surface area (Å²) in [6, 6.07) is 11.9. The number of nitro benzene ring substituents is 2. The van der Waals surface area contributed by atoms with Crippen LogP contribution in [0.25, 0.3) is 0 Å². The van der Waals surface area contributed by atoms with Crippen LogP contribution in [0, 0.1) is 20.2 Å². The molecule has 2 aromatic carbocycles. The van der Waals surface area contributed by atoms with Crippen molar-refractivity contribution in [1.29, 1.82) is 0 Å². The largest absolute Gasteiger partial charge is 0.444 e. The molecule has 2 N–H and O–H groups in total. The lowest BCUT2D eigenvalue weighted by Crippen LogP contribution is -2.28. The van der Waals surface area contributed by atoms with Gasteiger partial charge in [-0.2, -0.15) is 0 Å². The van der Waals surface area contributed by atoms with Crippen LogP contribution in [0.5, 0.6) is 0 Å². The van der Waals surface area contributed by atoms with Crippen LogP contribution in [0.3, 0.4) is 0 Å². The minimum Gasteiger partial charge on any atom is -0.444 e. The number of alkyl carbamates (subject to hydrolysis) is 2. The molecule has 0 bridgehead atoms. The van der Waals surface area contributed by atoms with Crippen molar-refractivity contribution in [2.24, 2.45) is 0 Å². The molecule has 2 amide bonds. The molecular weight excluding hydrogens is 424 g/mol. The number of para-hydroxylation sites is 2. The van der Waals surface area contributed by atoms with Crippen molar-refractivity contribution in [1.82, 2.24) is 10.6 Å². The Balaban J connectivity index is 1.57. The van der Waals surface area contributed by atoms with Crippen molar-refractivity contribution < 1.29 is 28.9 Å². The maximum Gasteiger partial charge on any atom is 0.407 e. The lowest BCUT2D eigenvalue weighted by atomic mass is 10.2. The number of rotatable bonds is 11. The maximum atomic E-state index is 11.7. The van der Waals surface area contributed by atoms with E-state index in [1.54, 1.807) is 12.1 Å². The predicted molar refractivity (Wildman–Crippen MR) is 112 cm³/mol. The first kappa shape index (κ1) is 24.1. The Hall–Kier alpha value is -4.22. The molecule has 0 fully saturated rings. The fourth-order valence-corrected chi connectivity index (χ4v) is 2.64. The minimum atomic E-state index is -0.708. The third kappa shape index (κ3) is 7.89. The number of hydrogen-bond donors (Lipinski definition) is 2. The van der Waals surface area contributed by atoms with Crippen LogP contribution in [0.1, 0.15) is 24.0 Å². The quantitative estimate of drug-likeness (QED) is 0.301. The fraction of sp³-hybridized carbons (Fsp3) is 0.300. The summed E-state index contributed by atoms with van der Waals surface area (Å²) >= 11 is 0. The predicted octanol–water partition coefficient (Wildman–Crippen LogP) is 3.44. The first-order valence-electron chi connectivity index (χ1n) is 9.64. The van der Waals surface area contributed by atoms with E-state index in [1.807, 2.05) is 0 Å². The van der Waals surface area contributed by atoms with E-state index in [0.29, 0.717) is 12.8 Å². The van der Waals surface area contributed by atoms with Crippen LogP contribution >= 0.6 is 0 Å². The van der Waals surface area contributed by atoms with Gasteiger partial charge in [-0.3, -0.25) is 20.2 Å². The SMILES string of the molecule is O=C(NCCCCNC(=O)OCc1ccccc1[N+](=O)[O-])OCc1ccccc1[N+](=O)[O-]. The lowest BCUT2D eigenvalue weighted by Gasteiger charge is -2.09. The number of unbranched alkanes of at least 4 members (excludes halogenated alkanes) is 1. The van der Waals surface area contributed by atoms with Crippen molar-refractivity contribution in [3.8, 4) is 0 Å². The van der Waals surface area contributed by atoms with Crippen LogP contribution in [0.15, 0.2) is 48.5 Å². The van der Waals surface area contributed by atoms with Gasteiger partial charge in [-0.1, -0.05) is 24.3 Å². The van der Waals surface area contributed by atoms with Crippen molar-refractivity contribution >= 4 is 23.6 Å². The molecule has 0 aliphatic heterocycles. The Morgan fingerprint density at radius 2 is 1.09 bits per heavy atom. The molecule has 0 aliphatic rings. The molecule has 0 heterocycles. The lowest BCUT2D eigenvalue weighted by molar-refractivity contribution is -0.386. The van der Waals surface area contributed by atoms with Gasteiger partial charge in [0, 0.05) is 25.2 Å². The number of nitrogens with zero attached hydrogens (tertiary/aromatic N) is 2. The Labute approximate surface area is 182 Å². The highest BCUT2D eigenvalue weighted by Crippen LogP contribution is 2.19. The monoisotopic (exact) mass is 446 g/mol. The first-order chi connectivity index (χ1) is 15.4. The number of benzene rings is 2. The Morgan fingerprint density at radius 3 is 1.47 bits per heavy atom. The summed E-state index contributed by atoms with van der Waals surface area (Å²) in [7, 11) is 0. The Kier molecular flexibility index (Phi) is 9.37. The molecule has 12 nitrogen and oxygen atoms in total. The summed E-state index contributed by atoms with van der Waals surface area (Å²) in [5.74, 6) is 0.